The zero-order valence-corrected chi connectivity index (χ0v) is 13.2. The van der Waals surface area contributed by atoms with Crippen molar-refractivity contribution in [3.05, 3.63) is 28.5 Å². The van der Waals surface area contributed by atoms with Gasteiger partial charge in [0, 0.05) is 4.91 Å². The summed E-state index contributed by atoms with van der Waals surface area (Å²) in [4.78, 5) is 13.3. The predicted molar refractivity (Wildman–Crippen MR) is 79.7 cm³/mol. The number of allylic oxidation sites excluding steroid dienone is 1. The molecule has 2 rings (SSSR count). The van der Waals surface area contributed by atoms with E-state index < -0.39 is 36.2 Å². The quantitative estimate of drug-likeness (QED) is 0.333. The first-order valence-corrected chi connectivity index (χ1v) is 7.22. The summed E-state index contributed by atoms with van der Waals surface area (Å²) >= 11 is 0. The third-order valence-electron chi connectivity index (χ3n) is 3.72. The van der Waals surface area contributed by atoms with E-state index in [9.17, 15) is 9.90 Å². The Hall–Kier alpha value is -2.02. The molecule has 0 aliphatic carbocycles. The lowest BCUT2D eigenvalue weighted by Crippen LogP contribution is -2.57. The minimum Gasteiger partial charge on any atom is -0.490 e. The van der Waals surface area contributed by atoms with Gasteiger partial charge in [-0.15, -0.1) is 0 Å². The number of aliphatic hydroxyl groups is 1. The average Bonchev–Trinajstić information content (AvgIpc) is 2.85. The molecule has 23 heavy (non-hydrogen) atoms. The highest BCUT2D eigenvalue weighted by Gasteiger charge is 2.45. The fourth-order valence-corrected chi connectivity index (χ4v) is 2.73. The molecule has 0 bridgehead atoms. The maximum Gasteiger partial charge on any atom is 0.163 e. The van der Waals surface area contributed by atoms with Crippen LogP contribution in [0, 0.1) is 0 Å². The molecule has 0 aromatic carbocycles. The molecule has 0 aromatic rings. The largest absolute Gasteiger partial charge is 0.490 e. The summed E-state index contributed by atoms with van der Waals surface area (Å²) < 4.78 is 16.8. The van der Waals surface area contributed by atoms with Gasteiger partial charge in [-0.25, -0.2) is 4.79 Å². The second-order valence-corrected chi connectivity index (χ2v) is 5.87. The van der Waals surface area contributed by atoms with Gasteiger partial charge < -0.3 is 24.6 Å². The van der Waals surface area contributed by atoms with Crippen LogP contribution < -0.4 is 5.32 Å². The number of aliphatic hydroxyl groups excluding tert-OH is 1. The lowest BCUT2D eigenvalue weighted by atomic mass is 9.93. The van der Waals surface area contributed by atoms with Crippen molar-refractivity contribution in [1.82, 2.24) is 5.32 Å². The zero-order valence-electron chi connectivity index (χ0n) is 13.2. The van der Waals surface area contributed by atoms with Gasteiger partial charge in [0.05, 0.1) is 30.6 Å². The molecule has 2 aliphatic rings. The van der Waals surface area contributed by atoms with E-state index in [1.807, 2.05) is 0 Å². The number of hydrogen-bond acceptors (Lipinski definition) is 7. The second kappa shape index (κ2) is 7.04. The molecule has 9 heteroatoms. The van der Waals surface area contributed by atoms with Crippen LogP contribution in [-0.2, 0) is 19.0 Å². The van der Waals surface area contributed by atoms with Crippen LogP contribution in [0.4, 0.5) is 0 Å². The Morgan fingerprint density at radius 3 is 2.96 bits per heavy atom. The van der Waals surface area contributed by atoms with Gasteiger partial charge in [-0.3, -0.25) is 0 Å². The van der Waals surface area contributed by atoms with Gasteiger partial charge in [0.2, 0.25) is 0 Å². The first-order valence-electron chi connectivity index (χ1n) is 7.22. The van der Waals surface area contributed by atoms with Crippen molar-refractivity contribution < 1.29 is 24.1 Å². The van der Waals surface area contributed by atoms with Gasteiger partial charge in [-0.2, -0.15) is 0 Å². The topological polar surface area (TPSA) is 126 Å². The van der Waals surface area contributed by atoms with Gasteiger partial charge in [-0.05, 0) is 32.4 Å². The third kappa shape index (κ3) is 4.04. The minimum absolute atomic E-state index is 0.208. The van der Waals surface area contributed by atoms with Crippen LogP contribution in [0.2, 0.25) is 0 Å². The molecular formula is C14H20N4O5. The number of hydrogen-bond donors (Lipinski definition) is 2. The predicted octanol–water partition coefficient (Wildman–Crippen LogP) is 0.784. The van der Waals surface area contributed by atoms with Crippen molar-refractivity contribution in [2.75, 3.05) is 6.61 Å². The Kier molecular flexibility index (Phi) is 5.30. The number of rotatable bonds is 5. The molecule has 0 aromatic heterocycles. The Labute approximate surface area is 133 Å². The number of ether oxygens (including phenoxy) is 3. The van der Waals surface area contributed by atoms with Crippen molar-refractivity contribution in [2.45, 2.75) is 57.0 Å². The zero-order chi connectivity index (χ0) is 17.0. The molecule has 2 heterocycles. The minimum atomic E-state index is -1.05. The summed E-state index contributed by atoms with van der Waals surface area (Å²) in [5.41, 5.74) is 8.72. The summed E-state index contributed by atoms with van der Waals surface area (Å²) in [5, 5.41) is 17.1. The standard InChI is InChI=1S/C14H20N4O5/c1-8-6-9(17-18-15)11(16-4-5-19)13(22-8)12(20)10-7-21-14(2,3)23-10/h4,6,9-13,16,20H,7H2,1-3H3. The third-order valence-corrected chi connectivity index (χ3v) is 3.72. The normalized spacial score (nSPS) is 33.5. The smallest absolute Gasteiger partial charge is 0.163 e. The van der Waals surface area contributed by atoms with Crippen molar-refractivity contribution in [3.8, 4) is 0 Å². The fourth-order valence-electron chi connectivity index (χ4n) is 2.73. The lowest BCUT2D eigenvalue weighted by Gasteiger charge is -2.38. The van der Waals surface area contributed by atoms with Gasteiger partial charge >= 0.3 is 0 Å². The molecule has 5 unspecified atom stereocenters. The molecule has 2 aliphatic heterocycles. The van der Waals surface area contributed by atoms with Gasteiger partial charge in [0.15, 0.2) is 5.79 Å². The van der Waals surface area contributed by atoms with Gasteiger partial charge in [-0.1, -0.05) is 5.11 Å². The Balaban J connectivity index is 2.24. The molecule has 1 fully saturated rings. The van der Waals surface area contributed by atoms with Crippen LogP contribution in [0.15, 0.2) is 23.1 Å². The first kappa shape index (κ1) is 17.3. The molecular weight excluding hydrogens is 304 g/mol. The molecule has 0 amide bonds. The van der Waals surface area contributed by atoms with E-state index in [0.29, 0.717) is 5.76 Å². The Morgan fingerprint density at radius 1 is 1.65 bits per heavy atom. The first-order chi connectivity index (χ1) is 10.9. The molecule has 5 atom stereocenters. The molecule has 0 spiro atoms. The van der Waals surface area contributed by atoms with E-state index >= 15 is 0 Å². The number of nitrogens with one attached hydrogen (secondary N) is 1. The monoisotopic (exact) mass is 324 g/mol. The summed E-state index contributed by atoms with van der Waals surface area (Å²) in [6.45, 7) is 5.40. The molecule has 2 N–H and O–H groups in total. The highest BCUT2D eigenvalue weighted by Crippen LogP contribution is 2.30. The second-order valence-electron chi connectivity index (χ2n) is 5.87. The molecule has 9 nitrogen and oxygen atoms in total. The van der Waals surface area contributed by atoms with Crippen LogP contribution in [0.3, 0.4) is 0 Å². The van der Waals surface area contributed by atoms with Crippen molar-refractivity contribution in [1.29, 1.82) is 0 Å². The van der Waals surface area contributed by atoms with Crippen LogP contribution >= 0.6 is 0 Å². The number of carbonyl (C=O) groups excluding carboxylic acids is 1. The van der Waals surface area contributed by atoms with Gasteiger partial charge in [0.25, 0.3) is 0 Å². The van der Waals surface area contributed by atoms with Crippen molar-refractivity contribution in [2.24, 2.45) is 5.11 Å². The van der Waals surface area contributed by atoms with E-state index in [4.69, 9.17) is 19.7 Å². The maximum atomic E-state index is 10.6. The van der Waals surface area contributed by atoms with Crippen molar-refractivity contribution >= 4 is 5.94 Å². The van der Waals surface area contributed by atoms with Crippen LogP contribution in [0.5, 0.6) is 0 Å². The molecule has 126 valence electrons. The number of nitrogens with zero attached hydrogens (tertiary/aromatic N) is 3. The Bertz CT molecular complexity index is 566. The SMILES string of the molecule is CC1=CC(N=[N+]=[N-])C(NC=C=O)C(C(O)C2COC(C)(C)O2)O1. The van der Waals surface area contributed by atoms with E-state index in [1.54, 1.807) is 32.8 Å². The van der Waals surface area contributed by atoms with Crippen LogP contribution in [0.1, 0.15) is 20.8 Å². The molecule has 0 saturated carbocycles. The highest BCUT2D eigenvalue weighted by molar-refractivity contribution is 5.44. The molecule has 1 saturated heterocycles. The lowest BCUT2D eigenvalue weighted by molar-refractivity contribution is -0.165. The van der Waals surface area contributed by atoms with E-state index in [2.05, 4.69) is 15.3 Å². The van der Waals surface area contributed by atoms with Crippen molar-refractivity contribution in [3.63, 3.8) is 0 Å². The maximum absolute atomic E-state index is 10.6. The van der Waals surface area contributed by atoms with E-state index in [0.717, 1.165) is 6.20 Å². The number of azide groups is 1. The highest BCUT2D eigenvalue weighted by atomic mass is 16.7. The average molecular weight is 324 g/mol. The van der Waals surface area contributed by atoms with E-state index in [-0.39, 0.29) is 6.61 Å². The molecule has 0 radical (unpaired) electrons. The summed E-state index contributed by atoms with van der Waals surface area (Å²) in [7, 11) is 0. The van der Waals surface area contributed by atoms with Crippen LogP contribution in [-0.4, -0.2) is 53.8 Å². The summed E-state index contributed by atoms with van der Waals surface area (Å²) in [6.07, 6.45) is 0.238. The van der Waals surface area contributed by atoms with Gasteiger partial charge in [0.1, 0.15) is 24.3 Å². The Morgan fingerprint density at radius 2 is 2.39 bits per heavy atom. The summed E-state index contributed by atoms with van der Waals surface area (Å²) in [5.74, 6) is 1.32. The fraction of sp³-hybridized carbons (Fsp3) is 0.714. The van der Waals surface area contributed by atoms with Crippen LogP contribution in [0.25, 0.3) is 10.4 Å². The van der Waals surface area contributed by atoms with E-state index in [1.165, 1.54) is 0 Å². The summed E-state index contributed by atoms with van der Waals surface area (Å²) in [6, 6.07) is -1.27.